The van der Waals surface area contributed by atoms with E-state index in [0.717, 1.165) is 0 Å². The molecule has 0 aromatic rings. The molecule has 0 radical (unpaired) electrons. The van der Waals surface area contributed by atoms with Crippen molar-refractivity contribution in [3.63, 3.8) is 0 Å². The molecule has 1 aliphatic carbocycles. The van der Waals surface area contributed by atoms with E-state index in [0.29, 0.717) is 6.42 Å². The van der Waals surface area contributed by atoms with Gasteiger partial charge < -0.3 is 15.2 Å². The van der Waals surface area contributed by atoms with Crippen molar-refractivity contribution < 1.29 is 32.6 Å². The minimum atomic E-state index is -4.40. The monoisotopic (exact) mass is 295 g/mol. The van der Waals surface area contributed by atoms with Crippen LogP contribution in [0.4, 0.5) is 13.2 Å². The number of carboxylic acids is 1. The van der Waals surface area contributed by atoms with Crippen LogP contribution in [0.1, 0.15) is 12.8 Å². The summed E-state index contributed by atoms with van der Waals surface area (Å²) < 4.78 is 39.7. The van der Waals surface area contributed by atoms with Crippen molar-refractivity contribution in [1.82, 2.24) is 5.32 Å². The fourth-order valence-corrected chi connectivity index (χ4v) is 1.94. The molecule has 20 heavy (non-hydrogen) atoms. The summed E-state index contributed by atoms with van der Waals surface area (Å²) in [6.07, 6.45) is -0.379. The van der Waals surface area contributed by atoms with E-state index in [1.165, 1.54) is 0 Å². The average Bonchev–Trinajstić information content (AvgIpc) is 2.36. The molecule has 5 nitrogen and oxygen atoms in total. The normalized spacial score (nSPS) is 22.6. The predicted molar refractivity (Wildman–Crippen MR) is 62.9 cm³/mol. The largest absolute Gasteiger partial charge is 0.481 e. The molecule has 0 aromatic heterocycles. The van der Waals surface area contributed by atoms with Crippen LogP contribution < -0.4 is 5.32 Å². The van der Waals surface area contributed by atoms with Crippen LogP contribution >= 0.6 is 0 Å². The smallest absolute Gasteiger partial charge is 0.411 e. The molecule has 1 aliphatic rings. The van der Waals surface area contributed by atoms with Gasteiger partial charge in [0, 0.05) is 6.54 Å². The first-order valence-corrected chi connectivity index (χ1v) is 6.11. The number of allylic oxidation sites excluding steroid dienone is 2. The Hall–Kier alpha value is -1.57. The van der Waals surface area contributed by atoms with Crippen LogP contribution in [0.3, 0.4) is 0 Å². The van der Waals surface area contributed by atoms with E-state index in [1.807, 2.05) is 0 Å². The number of rotatable bonds is 6. The average molecular weight is 295 g/mol. The lowest BCUT2D eigenvalue weighted by Gasteiger charge is -2.24. The summed E-state index contributed by atoms with van der Waals surface area (Å²) in [6.45, 7) is -1.72. The topological polar surface area (TPSA) is 75.6 Å². The summed E-state index contributed by atoms with van der Waals surface area (Å²) >= 11 is 0. The number of hydrogen-bond donors (Lipinski definition) is 2. The second-order valence-electron chi connectivity index (χ2n) is 4.45. The van der Waals surface area contributed by atoms with E-state index >= 15 is 0 Å². The van der Waals surface area contributed by atoms with E-state index in [9.17, 15) is 22.8 Å². The van der Waals surface area contributed by atoms with Crippen molar-refractivity contribution in [1.29, 1.82) is 0 Å². The Morgan fingerprint density at radius 3 is 2.40 bits per heavy atom. The highest BCUT2D eigenvalue weighted by atomic mass is 19.4. The van der Waals surface area contributed by atoms with Gasteiger partial charge in [-0.15, -0.1) is 0 Å². The second-order valence-corrected chi connectivity index (χ2v) is 4.45. The lowest BCUT2D eigenvalue weighted by atomic mass is 9.82. The summed E-state index contributed by atoms with van der Waals surface area (Å²) in [5, 5.41) is 11.4. The fourth-order valence-electron chi connectivity index (χ4n) is 1.94. The van der Waals surface area contributed by atoms with E-state index < -0.39 is 36.5 Å². The molecule has 8 heteroatoms. The third-order valence-corrected chi connectivity index (χ3v) is 2.90. The molecule has 2 N–H and O–H groups in total. The van der Waals surface area contributed by atoms with Gasteiger partial charge in [0.05, 0.1) is 18.4 Å². The summed E-state index contributed by atoms with van der Waals surface area (Å²) in [7, 11) is 0. The quantitative estimate of drug-likeness (QED) is 0.573. The minimum Gasteiger partial charge on any atom is -0.481 e. The number of nitrogens with one attached hydrogen (secondary N) is 1. The lowest BCUT2D eigenvalue weighted by molar-refractivity contribution is -0.173. The van der Waals surface area contributed by atoms with Gasteiger partial charge in [-0.05, 0) is 12.8 Å². The first kappa shape index (κ1) is 16.5. The Morgan fingerprint density at radius 2 is 1.85 bits per heavy atom. The van der Waals surface area contributed by atoms with Crippen LogP contribution in [0.2, 0.25) is 0 Å². The van der Waals surface area contributed by atoms with E-state index in [2.05, 4.69) is 10.1 Å². The highest BCUT2D eigenvalue weighted by Gasteiger charge is 2.33. The molecule has 0 fully saturated rings. The van der Waals surface area contributed by atoms with Gasteiger partial charge in [0.15, 0.2) is 0 Å². The molecule has 0 saturated carbocycles. The number of amides is 1. The van der Waals surface area contributed by atoms with Gasteiger partial charge in [0.2, 0.25) is 5.91 Å². The maximum absolute atomic E-state index is 11.8. The summed E-state index contributed by atoms with van der Waals surface area (Å²) in [5.74, 6) is -3.02. The number of hydrogen-bond acceptors (Lipinski definition) is 3. The van der Waals surface area contributed by atoms with Gasteiger partial charge in [-0.3, -0.25) is 9.59 Å². The van der Waals surface area contributed by atoms with Crippen molar-refractivity contribution in [2.45, 2.75) is 19.0 Å². The van der Waals surface area contributed by atoms with Gasteiger partial charge in [-0.1, -0.05) is 12.2 Å². The van der Waals surface area contributed by atoms with Gasteiger partial charge in [-0.25, -0.2) is 0 Å². The number of aliphatic carboxylic acids is 1. The molecule has 0 spiro atoms. The highest BCUT2D eigenvalue weighted by molar-refractivity contribution is 5.85. The van der Waals surface area contributed by atoms with Crippen molar-refractivity contribution >= 4 is 11.9 Å². The van der Waals surface area contributed by atoms with Crippen LogP contribution in [-0.2, 0) is 14.3 Å². The number of carbonyl (C=O) groups is 2. The molecular weight excluding hydrogens is 279 g/mol. The number of alkyl halides is 3. The number of carboxylic acid groups (broad SMARTS) is 1. The van der Waals surface area contributed by atoms with E-state index in [4.69, 9.17) is 5.11 Å². The maximum Gasteiger partial charge on any atom is 0.411 e. The molecule has 1 rings (SSSR count). The van der Waals surface area contributed by atoms with Crippen LogP contribution in [0.5, 0.6) is 0 Å². The summed E-state index contributed by atoms with van der Waals surface area (Å²) in [6, 6.07) is 0. The Kier molecular flexibility index (Phi) is 6.00. The Labute approximate surface area is 113 Å². The second kappa shape index (κ2) is 7.28. The third kappa shape index (κ3) is 5.60. The molecule has 2 atom stereocenters. The van der Waals surface area contributed by atoms with Crippen LogP contribution in [0.15, 0.2) is 12.2 Å². The Bertz CT molecular complexity index is 381. The number of carbonyl (C=O) groups excluding carboxylic acids is 1. The zero-order chi connectivity index (χ0) is 15.2. The van der Waals surface area contributed by atoms with Crippen molar-refractivity contribution in [3.05, 3.63) is 12.2 Å². The molecule has 0 bridgehead atoms. The van der Waals surface area contributed by atoms with E-state index in [1.54, 1.807) is 12.2 Å². The van der Waals surface area contributed by atoms with Crippen LogP contribution in [0, 0.1) is 11.8 Å². The predicted octanol–water partition coefficient (Wildman–Crippen LogP) is 1.35. The number of ether oxygens (including phenoxy) is 1. The molecule has 1 amide bonds. The maximum atomic E-state index is 11.8. The first-order chi connectivity index (χ1) is 9.31. The van der Waals surface area contributed by atoms with E-state index in [-0.39, 0.29) is 19.6 Å². The highest BCUT2D eigenvalue weighted by Crippen LogP contribution is 2.25. The molecular formula is C12H16F3NO4. The molecule has 0 aliphatic heterocycles. The van der Waals surface area contributed by atoms with Gasteiger partial charge in [-0.2, -0.15) is 13.2 Å². The van der Waals surface area contributed by atoms with Gasteiger partial charge in [0.25, 0.3) is 0 Å². The van der Waals surface area contributed by atoms with Crippen molar-refractivity contribution in [2.24, 2.45) is 11.8 Å². The Balaban J connectivity index is 2.31. The summed E-state index contributed by atoms with van der Waals surface area (Å²) in [5.41, 5.74) is 0. The van der Waals surface area contributed by atoms with Crippen LogP contribution in [-0.4, -0.2) is 42.9 Å². The minimum absolute atomic E-state index is 0.0819. The molecule has 114 valence electrons. The lowest BCUT2D eigenvalue weighted by Crippen LogP contribution is -2.40. The fraction of sp³-hybridized carbons (Fsp3) is 0.667. The number of halogens is 3. The van der Waals surface area contributed by atoms with Crippen LogP contribution in [0.25, 0.3) is 0 Å². The molecule has 0 unspecified atom stereocenters. The summed E-state index contributed by atoms with van der Waals surface area (Å²) in [4.78, 5) is 22.8. The zero-order valence-corrected chi connectivity index (χ0v) is 10.7. The zero-order valence-electron chi connectivity index (χ0n) is 10.7. The SMILES string of the molecule is O=C(O)[C@H]1CC=CC[C@H]1C(=O)NCCOCC(F)(F)F. The molecule has 0 heterocycles. The van der Waals surface area contributed by atoms with Gasteiger partial charge >= 0.3 is 12.1 Å². The standard InChI is InChI=1S/C12H16F3NO4/c13-12(14,15)7-20-6-5-16-10(17)8-3-1-2-4-9(8)11(18)19/h1-2,8-9H,3-7H2,(H,16,17)(H,18,19)/t8-,9+/m1/s1. The molecule has 0 aromatic carbocycles. The third-order valence-electron chi connectivity index (χ3n) is 2.90. The van der Waals surface area contributed by atoms with Crippen molar-refractivity contribution in [3.8, 4) is 0 Å². The molecule has 0 saturated heterocycles. The Morgan fingerprint density at radius 1 is 1.25 bits per heavy atom. The van der Waals surface area contributed by atoms with Crippen molar-refractivity contribution in [2.75, 3.05) is 19.8 Å². The van der Waals surface area contributed by atoms with Gasteiger partial charge in [0.1, 0.15) is 6.61 Å². The first-order valence-electron chi connectivity index (χ1n) is 6.11.